The van der Waals surface area contributed by atoms with E-state index in [-0.39, 0.29) is 17.0 Å². The van der Waals surface area contributed by atoms with Gasteiger partial charge in [-0.1, -0.05) is 26.7 Å². The molecule has 0 aromatic rings. The quantitative estimate of drug-likeness (QED) is 0.730. The number of hydrogen-bond donors (Lipinski definition) is 1. The summed E-state index contributed by atoms with van der Waals surface area (Å²) in [6.45, 7) is 4.99. The molecular formula is C12H24ClNO2S. The summed E-state index contributed by atoms with van der Waals surface area (Å²) in [6.07, 6.45) is 5.85. The Morgan fingerprint density at radius 2 is 1.88 bits per heavy atom. The van der Waals surface area contributed by atoms with Gasteiger partial charge in [0.1, 0.15) is 0 Å². The number of hydrogen-bond acceptors (Lipinski definition) is 2. The minimum absolute atomic E-state index is 0.0202. The normalized spacial score (nSPS) is 20.0. The third-order valence-electron chi connectivity index (χ3n) is 3.52. The van der Waals surface area contributed by atoms with Crippen LogP contribution in [0.15, 0.2) is 0 Å². The van der Waals surface area contributed by atoms with Crippen LogP contribution in [0, 0.1) is 11.3 Å². The van der Waals surface area contributed by atoms with E-state index in [1.54, 1.807) is 0 Å². The molecule has 17 heavy (non-hydrogen) atoms. The second-order valence-electron chi connectivity index (χ2n) is 5.63. The van der Waals surface area contributed by atoms with E-state index in [1.807, 2.05) is 0 Å². The fourth-order valence-electron chi connectivity index (χ4n) is 2.88. The smallest absolute Gasteiger partial charge is 0.212 e. The van der Waals surface area contributed by atoms with E-state index in [1.165, 1.54) is 12.8 Å². The van der Waals surface area contributed by atoms with Crippen molar-refractivity contribution in [1.29, 1.82) is 0 Å². The average Bonchev–Trinajstić information content (AvgIpc) is 2.63. The zero-order valence-electron chi connectivity index (χ0n) is 10.8. The number of alkyl halides is 1. The van der Waals surface area contributed by atoms with Gasteiger partial charge in [0.05, 0.1) is 5.75 Å². The van der Waals surface area contributed by atoms with Crippen molar-refractivity contribution in [2.75, 3.05) is 18.2 Å². The third-order valence-corrected chi connectivity index (χ3v) is 5.26. The fourth-order valence-corrected chi connectivity index (χ4v) is 4.36. The Hall–Kier alpha value is 0.200. The minimum atomic E-state index is -3.17. The Kier molecular flexibility index (Phi) is 5.74. The Balaban J connectivity index is 2.56. The molecule has 1 aliphatic carbocycles. The summed E-state index contributed by atoms with van der Waals surface area (Å²) in [4.78, 5) is 0. The van der Waals surface area contributed by atoms with Crippen molar-refractivity contribution in [1.82, 2.24) is 4.72 Å². The molecule has 0 radical (unpaired) electrons. The van der Waals surface area contributed by atoms with Crippen molar-refractivity contribution in [2.45, 2.75) is 46.0 Å². The maximum Gasteiger partial charge on any atom is 0.212 e. The van der Waals surface area contributed by atoms with Crippen molar-refractivity contribution in [3.8, 4) is 0 Å². The first-order chi connectivity index (χ1) is 7.89. The van der Waals surface area contributed by atoms with Crippen molar-refractivity contribution in [3.63, 3.8) is 0 Å². The largest absolute Gasteiger partial charge is 0.215 e. The van der Waals surface area contributed by atoms with Crippen molar-refractivity contribution < 1.29 is 8.42 Å². The van der Waals surface area contributed by atoms with Crippen molar-refractivity contribution in [3.05, 3.63) is 0 Å². The lowest BCUT2D eigenvalue weighted by molar-refractivity contribution is 0.236. The van der Waals surface area contributed by atoms with Gasteiger partial charge < -0.3 is 0 Å². The van der Waals surface area contributed by atoms with Crippen LogP contribution in [0.25, 0.3) is 0 Å². The summed E-state index contributed by atoms with van der Waals surface area (Å²) in [5.41, 5.74) is 0.188. The first-order valence-corrected chi connectivity index (χ1v) is 8.61. The predicted octanol–water partition coefficient (Wildman–Crippen LogP) is 2.75. The molecule has 1 saturated carbocycles. The SMILES string of the molecule is CC(C)CC1(CNS(=O)(=O)CCCl)CCCC1. The third kappa shape index (κ3) is 5.14. The van der Waals surface area contributed by atoms with Gasteiger partial charge >= 0.3 is 0 Å². The molecule has 0 aliphatic heterocycles. The lowest BCUT2D eigenvalue weighted by atomic mass is 9.79. The molecule has 0 spiro atoms. The maximum absolute atomic E-state index is 11.6. The van der Waals surface area contributed by atoms with Crippen LogP contribution in [-0.2, 0) is 10.0 Å². The fraction of sp³-hybridized carbons (Fsp3) is 1.00. The Labute approximate surface area is 110 Å². The van der Waals surface area contributed by atoms with Crippen LogP contribution >= 0.6 is 11.6 Å². The van der Waals surface area contributed by atoms with E-state index < -0.39 is 10.0 Å². The molecular weight excluding hydrogens is 258 g/mol. The van der Waals surface area contributed by atoms with E-state index in [2.05, 4.69) is 18.6 Å². The van der Waals surface area contributed by atoms with Crippen LogP contribution in [0.5, 0.6) is 0 Å². The maximum atomic E-state index is 11.6. The molecule has 0 amide bonds. The lowest BCUT2D eigenvalue weighted by Crippen LogP contribution is -2.38. The highest BCUT2D eigenvalue weighted by Gasteiger charge is 2.35. The summed E-state index contributed by atoms with van der Waals surface area (Å²) in [5.74, 6) is 0.796. The zero-order valence-corrected chi connectivity index (χ0v) is 12.4. The van der Waals surface area contributed by atoms with Crippen molar-refractivity contribution in [2.24, 2.45) is 11.3 Å². The summed E-state index contributed by atoms with van der Waals surface area (Å²) < 4.78 is 26.0. The molecule has 3 nitrogen and oxygen atoms in total. The molecule has 1 N–H and O–H groups in total. The molecule has 0 saturated heterocycles. The molecule has 1 aliphatic rings. The van der Waals surface area contributed by atoms with Crippen molar-refractivity contribution >= 4 is 21.6 Å². The predicted molar refractivity (Wildman–Crippen MR) is 72.9 cm³/mol. The van der Waals surface area contributed by atoms with Gasteiger partial charge in [0.2, 0.25) is 10.0 Å². The molecule has 0 unspecified atom stereocenters. The van der Waals surface area contributed by atoms with Gasteiger partial charge in [-0.05, 0) is 30.6 Å². The molecule has 0 bridgehead atoms. The number of halogens is 1. The van der Waals surface area contributed by atoms with E-state index in [4.69, 9.17) is 11.6 Å². The lowest BCUT2D eigenvalue weighted by Gasteiger charge is -2.31. The molecule has 1 fully saturated rings. The van der Waals surface area contributed by atoms with Gasteiger partial charge in [-0.2, -0.15) is 0 Å². The molecule has 0 atom stereocenters. The minimum Gasteiger partial charge on any atom is -0.215 e. The van der Waals surface area contributed by atoms with E-state index in [0.29, 0.717) is 12.5 Å². The zero-order chi connectivity index (χ0) is 12.9. The van der Waals surface area contributed by atoms with Gasteiger partial charge in [0.15, 0.2) is 0 Å². The number of rotatable bonds is 7. The monoisotopic (exact) mass is 281 g/mol. The van der Waals surface area contributed by atoms with Gasteiger partial charge in [0, 0.05) is 12.4 Å². The second kappa shape index (κ2) is 6.39. The van der Waals surface area contributed by atoms with Crippen LogP contribution in [0.4, 0.5) is 0 Å². The first-order valence-electron chi connectivity index (χ1n) is 6.42. The second-order valence-corrected chi connectivity index (χ2v) is 7.94. The molecule has 0 heterocycles. The van der Waals surface area contributed by atoms with E-state index in [9.17, 15) is 8.42 Å². The van der Waals surface area contributed by atoms with Gasteiger partial charge in [-0.15, -0.1) is 11.6 Å². The number of sulfonamides is 1. The summed E-state index contributed by atoms with van der Waals surface area (Å²) in [7, 11) is -3.17. The highest BCUT2D eigenvalue weighted by atomic mass is 35.5. The van der Waals surface area contributed by atoms with E-state index >= 15 is 0 Å². The standard InChI is InChI=1S/C12H24ClNO2S/c1-11(2)9-12(5-3-4-6-12)10-14-17(15,16)8-7-13/h11,14H,3-10H2,1-2H3. The Morgan fingerprint density at radius 1 is 1.29 bits per heavy atom. The van der Waals surface area contributed by atoms with Crippen LogP contribution in [0.1, 0.15) is 46.0 Å². The summed E-state index contributed by atoms with van der Waals surface area (Å²) in [5, 5.41) is 0. The van der Waals surface area contributed by atoms with Gasteiger partial charge in [-0.3, -0.25) is 0 Å². The molecule has 0 aromatic heterocycles. The van der Waals surface area contributed by atoms with Crippen LogP contribution in [0.2, 0.25) is 0 Å². The van der Waals surface area contributed by atoms with Crippen LogP contribution < -0.4 is 4.72 Å². The highest BCUT2D eigenvalue weighted by molar-refractivity contribution is 7.89. The Morgan fingerprint density at radius 3 is 2.35 bits per heavy atom. The summed E-state index contributed by atoms with van der Waals surface area (Å²) >= 11 is 5.48. The molecule has 0 aromatic carbocycles. The summed E-state index contributed by atoms with van der Waals surface area (Å²) in [6, 6.07) is 0. The molecule has 102 valence electrons. The highest BCUT2D eigenvalue weighted by Crippen LogP contribution is 2.42. The van der Waals surface area contributed by atoms with Gasteiger partial charge in [-0.25, -0.2) is 13.1 Å². The first kappa shape index (κ1) is 15.3. The van der Waals surface area contributed by atoms with Crippen LogP contribution in [0.3, 0.4) is 0 Å². The van der Waals surface area contributed by atoms with E-state index in [0.717, 1.165) is 19.3 Å². The molecule has 5 heteroatoms. The molecule has 1 rings (SSSR count). The topological polar surface area (TPSA) is 46.2 Å². The van der Waals surface area contributed by atoms with Gasteiger partial charge in [0.25, 0.3) is 0 Å². The number of nitrogens with one attached hydrogen (secondary N) is 1. The average molecular weight is 282 g/mol. The van der Waals surface area contributed by atoms with Crippen LogP contribution in [-0.4, -0.2) is 26.6 Å². The Bertz CT molecular complexity index is 321.